The topological polar surface area (TPSA) is 133 Å². The van der Waals surface area contributed by atoms with Gasteiger partial charge in [-0.1, -0.05) is 39.0 Å². The minimum absolute atomic E-state index is 0.369. The van der Waals surface area contributed by atoms with E-state index in [0.717, 1.165) is 0 Å². The number of fused-ring (bicyclic) bond motifs is 4. The van der Waals surface area contributed by atoms with E-state index in [9.17, 15) is 24.6 Å². The molecule has 39 heavy (non-hydrogen) atoms. The summed E-state index contributed by atoms with van der Waals surface area (Å²) >= 11 is 0. The van der Waals surface area contributed by atoms with Gasteiger partial charge < -0.3 is 28.8 Å². The number of rotatable bonds is 4. The van der Waals surface area contributed by atoms with Crippen LogP contribution >= 0.6 is 0 Å². The van der Waals surface area contributed by atoms with Crippen molar-refractivity contribution in [3.63, 3.8) is 0 Å². The summed E-state index contributed by atoms with van der Waals surface area (Å²) < 4.78 is 22.6. The fourth-order valence-corrected chi connectivity index (χ4v) is 7.96. The maximum atomic E-state index is 13.2. The molecule has 3 aliphatic rings. The average Bonchev–Trinajstić information content (AvgIpc) is 3.38. The maximum absolute atomic E-state index is 13.2. The number of aliphatic hydroxyl groups excluding tert-OH is 1. The number of ether oxygens (including phenoxy) is 3. The molecule has 210 valence electrons. The quantitative estimate of drug-likeness (QED) is 0.442. The standard InChI is InChI=1S/C30H36O9/c1-16(31)38-24-23-19(15-20-18(12-14-37-20)22(23)27(34)36-5)29(4)13-11-21(28(2,3)30(29,35)25(24)32)39-26(33)17-9-7-6-8-10-17/h6-10,12,14,19,21-25,32,35H,11,13,15H2,1-5H3/t19-,21-,22+,23-,24+,25+,29+,30+/m0/s1. The van der Waals surface area contributed by atoms with Gasteiger partial charge in [0, 0.05) is 35.7 Å². The second-order valence-corrected chi connectivity index (χ2v) is 11.9. The molecule has 0 saturated heterocycles. The second kappa shape index (κ2) is 9.48. The largest absolute Gasteiger partial charge is 0.469 e. The molecule has 5 rings (SSSR count). The van der Waals surface area contributed by atoms with Crippen LogP contribution in [0.2, 0.25) is 0 Å². The summed E-state index contributed by atoms with van der Waals surface area (Å²) in [5, 5.41) is 24.7. The highest BCUT2D eigenvalue weighted by Crippen LogP contribution is 2.67. The Morgan fingerprint density at radius 2 is 1.74 bits per heavy atom. The number of benzene rings is 1. The monoisotopic (exact) mass is 540 g/mol. The molecule has 0 bridgehead atoms. The van der Waals surface area contributed by atoms with Gasteiger partial charge in [0.1, 0.15) is 29.7 Å². The van der Waals surface area contributed by atoms with Crippen molar-refractivity contribution < 1.29 is 43.2 Å². The van der Waals surface area contributed by atoms with E-state index < -0.39 is 70.4 Å². The number of aliphatic hydroxyl groups is 2. The van der Waals surface area contributed by atoms with E-state index in [0.29, 0.717) is 36.1 Å². The normalized spacial score (nSPS) is 36.5. The van der Waals surface area contributed by atoms with Gasteiger partial charge >= 0.3 is 17.9 Å². The third kappa shape index (κ3) is 3.84. The number of methoxy groups -OCH3 is 1. The summed E-state index contributed by atoms with van der Waals surface area (Å²) in [5.41, 5.74) is -2.99. The minimum Gasteiger partial charge on any atom is -0.469 e. The summed E-state index contributed by atoms with van der Waals surface area (Å²) in [7, 11) is 1.29. The molecular weight excluding hydrogens is 504 g/mol. The lowest BCUT2D eigenvalue weighted by molar-refractivity contribution is -0.330. The molecule has 1 aromatic carbocycles. The summed E-state index contributed by atoms with van der Waals surface area (Å²) in [6, 6.07) is 10.3. The molecule has 2 N–H and O–H groups in total. The lowest BCUT2D eigenvalue weighted by Gasteiger charge is -2.69. The average molecular weight is 541 g/mol. The van der Waals surface area contributed by atoms with Crippen LogP contribution in [0.1, 0.15) is 68.1 Å². The molecule has 8 atom stereocenters. The Kier molecular flexibility index (Phi) is 6.66. The number of carbonyl (C=O) groups excluding carboxylic acids is 3. The molecule has 1 aromatic heterocycles. The molecule has 2 saturated carbocycles. The zero-order valence-electron chi connectivity index (χ0n) is 22.9. The number of esters is 3. The van der Waals surface area contributed by atoms with Crippen molar-refractivity contribution in [2.24, 2.45) is 22.7 Å². The lowest BCUT2D eigenvalue weighted by atomic mass is 9.39. The Morgan fingerprint density at radius 3 is 2.38 bits per heavy atom. The van der Waals surface area contributed by atoms with Crippen LogP contribution in [0.15, 0.2) is 47.1 Å². The Balaban J connectivity index is 1.61. The molecule has 3 aliphatic carbocycles. The van der Waals surface area contributed by atoms with Crippen LogP contribution in [0, 0.1) is 22.7 Å². The lowest BCUT2D eigenvalue weighted by Crippen LogP contribution is -2.79. The molecular formula is C30H36O9. The molecule has 2 aromatic rings. The van der Waals surface area contributed by atoms with E-state index in [1.165, 1.54) is 20.3 Å². The van der Waals surface area contributed by atoms with E-state index in [2.05, 4.69) is 0 Å². The number of hydrogen-bond acceptors (Lipinski definition) is 9. The van der Waals surface area contributed by atoms with Crippen molar-refractivity contribution >= 4 is 17.9 Å². The minimum atomic E-state index is -1.87. The van der Waals surface area contributed by atoms with Crippen LogP contribution in [0.5, 0.6) is 0 Å². The van der Waals surface area contributed by atoms with Crippen LogP contribution < -0.4 is 0 Å². The molecule has 9 heteroatoms. The molecule has 0 radical (unpaired) electrons. The summed E-state index contributed by atoms with van der Waals surface area (Å²) in [6.07, 6.45) is -0.864. The molecule has 9 nitrogen and oxygen atoms in total. The Bertz CT molecular complexity index is 1270. The highest BCUT2D eigenvalue weighted by molar-refractivity contribution is 5.89. The molecule has 0 amide bonds. The van der Waals surface area contributed by atoms with Crippen LogP contribution in [0.25, 0.3) is 0 Å². The van der Waals surface area contributed by atoms with Crippen molar-refractivity contribution in [2.75, 3.05) is 7.11 Å². The van der Waals surface area contributed by atoms with Crippen molar-refractivity contribution in [3.05, 3.63) is 59.5 Å². The van der Waals surface area contributed by atoms with Gasteiger partial charge in [0.15, 0.2) is 0 Å². The Morgan fingerprint density at radius 1 is 1.05 bits per heavy atom. The van der Waals surface area contributed by atoms with Gasteiger partial charge in [0.2, 0.25) is 0 Å². The van der Waals surface area contributed by atoms with E-state index in [1.54, 1.807) is 50.2 Å². The molecule has 2 fully saturated rings. The van der Waals surface area contributed by atoms with Gasteiger partial charge in [-0.2, -0.15) is 0 Å². The summed E-state index contributed by atoms with van der Waals surface area (Å²) in [6.45, 7) is 6.66. The fourth-order valence-electron chi connectivity index (χ4n) is 7.96. The first kappa shape index (κ1) is 27.4. The molecule has 1 heterocycles. The zero-order chi connectivity index (χ0) is 28.3. The van der Waals surface area contributed by atoms with Crippen LogP contribution in [0.3, 0.4) is 0 Å². The van der Waals surface area contributed by atoms with E-state index in [1.807, 2.05) is 6.92 Å². The van der Waals surface area contributed by atoms with Crippen LogP contribution in [-0.2, 0) is 30.2 Å². The first-order valence-electron chi connectivity index (χ1n) is 13.4. The molecule has 0 unspecified atom stereocenters. The van der Waals surface area contributed by atoms with Crippen LogP contribution in [0.4, 0.5) is 0 Å². The van der Waals surface area contributed by atoms with Gasteiger partial charge in [-0.15, -0.1) is 0 Å². The van der Waals surface area contributed by atoms with Gasteiger partial charge in [0.25, 0.3) is 0 Å². The van der Waals surface area contributed by atoms with Crippen molar-refractivity contribution in [3.8, 4) is 0 Å². The van der Waals surface area contributed by atoms with Gasteiger partial charge in [0.05, 0.1) is 24.9 Å². The number of hydrogen-bond donors (Lipinski definition) is 2. The van der Waals surface area contributed by atoms with E-state index in [-0.39, 0.29) is 0 Å². The third-order valence-electron chi connectivity index (χ3n) is 9.91. The highest BCUT2D eigenvalue weighted by atomic mass is 16.6. The molecule has 0 aliphatic heterocycles. The first-order chi connectivity index (χ1) is 18.4. The van der Waals surface area contributed by atoms with Crippen molar-refractivity contribution in [1.82, 2.24) is 0 Å². The zero-order valence-corrected chi connectivity index (χ0v) is 22.9. The van der Waals surface area contributed by atoms with Crippen LogP contribution in [-0.4, -0.2) is 59.1 Å². The predicted molar refractivity (Wildman–Crippen MR) is 137 cm³/mol. The van der Waals surface area contributed by atoms with Gasteiger partial charge in [-0.3, -0.25) is 9.59 Å². The SMILES string of the molecule is COC(=O)[C@@H]1c2ccoc2C[C@H]2[C@@H]1[C@@H](OC(C)=O)[C@@H](O)[C@@]1(O)C(C)(C)[C@@H](OC(=O)c3ccccc3)CC[C@]21C. The fraction of sp³-hybridized carbons (Fsp3) is 0.567. The summed E-state index contributed by atoms with van der Waals surface area (Å²) in [4.78, 5) is 38.5. The van der Waals surface area contributed by atoms with E-state index >= 15 is 0 Å². The maximum Gasteiger partial charge on any atom is 0.338 e. The second-order valence-electron chi connectivity index (χ2n) is 11.9. The van der Waals surface area contributed by atoms with Crippen molar-refractivity contribution in [2.45, 2.75) is 76.8 Å². The Hall–Kier alpha value is -3.17. The smallest absolute Gasteiger partial charge is 0.338 e. The highest BCUT2D eigenvalue weighted by Gasteiger charge is 2.75. The first-order valence-corrected chi connectivity index (χ1v) is 13.4. The van der Waals surface area contributed by atoms with Gasteiger partial charge in [-0.25, -0.2) is 4.79 Å². The summed E-state index contributed by atoms with van der Waals surface area (Å²) in [5.74, 6) is -3.07. The van der Waals surface area contributed by atoms with Crippen molar-refractivity contribution in [1.29, 1.82) is 0 Å². The van der Waals surface area contributed by atoms with Gasteiger partial charge in [-0.05, 0) is 37.0 Å². The number of furan rings is 1. The van der Waals surface area contributed by atoms with E-state index in [4.69, 9.17) is 18.6 Å². The predicted octanol–water partition coefficient (Wildman–Crippen LogP) is 3.41. The Labute approximate surface area is 227 Å². The third-order valence-corrected chi connectivity index (χ3v) is 9.91. The molecule has 0 spiro atoms. The number of carbonyl (C=O) groups is 3.